The largest absolute Gasteiger partial charge is 0.480 e. The number of halogens is 1. The maximum atomic E-state index is 11.8. The van der Waals surface area contributed by atoms with Crippen molar-refractivity contribution in [1.82, 2.24) is 5.32 Å². The number of hydrogen-bond donors (Lipinski definition) is 2. The molecule has 0 bridgehead atoms. The Morgan fingerprint density at radius 1 is 1.35 bits per heavy atom. The third-order valence-electron chi connectivity index (χ3n) is 2.56. The Morgan fingerprint density at radius 3 is 2.55 bits per heavy atom. The molecule has 0 saturated heterocycles. The molecule has 1 atom stereocenters. The van der Waals surface area contributed by atoms with Crippen molar-refractivity contribution in [1.29, 1.82) is 0 Å². The molecule has 1 rings (SSSR count). The zero-order valence-electron chi connectivity index (χ0n) is 11.8. The SMILES string of the molecule is CC(C)CNC(=O)C(C)Oc1ccc(Cl)cc1C(N)=O. The van der Waals surface area contributed by atoms with Gasteiger partial charge in [0.2, 0.25) is 0 Å². The number of carbonyl (C=O) groups excluding carboxylic acids is 2. The fourth-order valence-electron chi connectivity index (χ4n) is 1.49. The second kappa shape index (κ2) is 7.14. The normalized spacial score (nSPS) is 12.1. The summed E-state index contributed by atoms with van der Waals surface area (Å²) in [4.78, 5) is 23.1. The molecule has 1 aromatic carbocycles. The van der Waals surface area contributed by atoms with Gasteiger partial charge in [0, 0.05) is 11.6 Å². The highest BCUT2D eigenvalue weighted by Crippen LogP contribution is 2.23. The molecule has 0 aliphatic rings. The monoisotopic (exact) mass is 298 g/mol. The van der Waals surface area contributed by atoms with Gasteiger partial charge in [0.05, 0.1) is 5.56 Å². The Kier molecular flexibility index (Phi) is 5.82. The van der Waals surface area contributed by atoms with Crippen molar-refractivity contribution >= 4 is 23.4 Å². The molecule has 0 radical (unpaired) electrons. The second-order valence-electron chi connectivity index (χ2n) is 4.90. The van der Waals surface area contributed by atoms with Gasteiger partial charge in [0.15, 0.2) is 6.10 Å². The van der Waals surface area contributed by atoms with E-state index in [2.05, 4.69) is 5.32 Å². The summed E-state index contributed by atoms with van der Waals surface area (Å²) in [6, 6.07) is 4.51. The second-order valence-corrected chi connectivity index (χ2v) is 5.34. The topological polar surface area (TPSA) is 81.4 Å². The average Bonchev–Trinajstić information content (AvgIpc) is 2.37. The van der Waals surface area contributed by atoms with E-state index in [9.17, 15) is 9.59 Å². The molecule has 5 nitrogen and oxygen atoms in total. The maximum Gasteiger partial charge on any atom is 0.260 e. The smallest absolute Gasteiger partial charge is 0.260 e. The molecule has 1 unspecified atom stereocenters. The fourth-order valence-corrected chi connectivity index (χ4v) is 1.66. The summed E-state index contributed by atoms with van der Waals surface area (Å²) in [7, 11) is 0. The lowest BCUT2D eigenvalue weighted by atomic mass is 10.2. The van der Waals surface area contributed by atoms with Crippen molar-refractivity contribution in [3.63, 3.8) is 0 Å². The summed E-state index contributed by atoms with van der Waals surface area (Å²) in [5.41, 5.74) is 5.41. The predicted molar refractivity (Wildman–Crippen MR) is 77.9 cm³/mol. The Balaban J connectivity index is 2.77. The van der Waals surface area contributed by atoms with Gasteiger partial charge in [-0.05, 0) is 31.0 Å². The molecule has 1 aromatic rings. The van der Waals surface area contributed by atoms with Crippen molar-refractivity contribution < 1.29 is 14.3 Å². The van der Waals surface area contributed by atoms with Crippen LogP contribution in [-0.2, 0) is 4.79 Å². The summed E-state index contributed by atoms with van der Waals surface area (Å²) in [5.74, 6) is -0.307. The van der Waals surface area contributed by atoms with E-state index < -0.39 is 12.0 Å². The van der Waals surface area contributed by atoms with E-state index in [1.807, 2.05) is 13.8 Å². The molecular formula is C14H19ClN2O3. The van der Waals surface area contributed by atoms with E-state index in [1.54, 1.807) is 13.0 Å². The van der Waals surface area contributed by atoms with Crippen molar-refractivity contribution in [2.24, 2.45) is 11.7 Å². The molecule has 0 aliphatic carbocycles. The molecule has 0 aromatic heterocycles. The number of ether oxygens (including phenoxy) is 1. The van der Waals surface area contributed by atoms with E-state index >= 15 is 0 Å². The zero-order valence-corrected chi connectivity index (χ0v) is 12.5. The highest BCUT2D eigenvalue weighted by Gasteiger charge is 2.18. The third kappa shape index (κ3) is 4.74. The van der Waals surface area contributed by atoms with Crippen molar-refractivity contribution in [2.45, 2.75) is 26.9 Å². The standard InChI is InChI=1S/C14H19ClN2O3/c1-8(2)7-17-14(19)9(3)20-12-5-4-10(15)6-11(12)13(16)18/h4-6,8-9H,7H2,1-3H3,(H2,16,18)(H,17,19). The van der Waals surface area contributed by atoms with Crippen LogP contribution in [0.4, 0.5) is 0 Å². The minimum absolute atomic E-state index is 0.154. The van der Waals surface area contributed by atoms with E-state index in [0.29, 0.717) is 17.5 Å². The van der Waals surface area contributed by atoms with Gasteiger partial charge in [-0.25, -0.2) is 0 Å². The van der Waals surface area contributed by atoms with Crippen molar-refractivity contribution in [3.8, 4) is 5.75 Å². The van der Waals surface area contributed by atoms with E-state index in [1.165, 1.54) is 12.1 Å². The number of rotatable bonds is 6. The van der Waals surface area contributed by atoms with Crippen LogP contribution in [0.25, 0.3) is 0 Å². The lowest BCUT2D eigenvalue weighted by Crippen LogP contribution is -2.38. The molecule has 6 heteroatoms. The van der Waals surface area contributed by atoms with Crippen LogP contribution in [0, 0.1) is 5.92 Å². The Bertz CT molecular complexity index is 503. The molecular weight excluding hydrogens is 280 g/mol. The lowest BCUT2D eigenvalue weighted by molar-refractivity contribution is -0.127. The number of carbonyl (C=O) groups is 2. The lowest BCUT2D eigenvalue weighted by Gasteiger charge is -2.17. The molecule has 0 heterocycles. The minimum atomic E-state index is -0.729. The van der Waals surface area contributed by atoms with Crippen LogP contribution >= 0.6 is 11.6 Å². The van der Waals surface area contributed by atoms with Crippen molar-refractivity contribution in [3.05, 3.63) is 28.8 Å². The first-order valence-electron chi connectivity index (χ1n) is 6.35. The number of benzene rings is 1. The van der Waals surface area contributed by atoms with Crippen molar-refractivity contribution in [2.75, 3.05) is 6.54 Å². The molecule has 0 saturated carbocycles. The number of hydrogen-bond acceptors (Lipinski definition) is 3. The van der Waals surface area contributed by atoms with Gasteiger partial charge < -0.3 is 15.8 Å². The molecule has 0 fully saturated rings. The number of primary amides is 1. The van der Waals surface area contributed by atoms with Crippen LogP contribution in [0.3, 0.4) is 0 Å². The Labute approximate surface area is 123 Å². The summed E-state index contributed by atoms with van der Waals surface area (Å²) in [5, 5.41) is 3.13. The van der Waals surface area contributed by atoms with E-state index in [4.69, 9.17) is 22.1 Å². The summed E-state index contributed by atoms with van der Waals surface area (Å²) >= 11 is 5.80. The maximum absolute atomic E-state index is 11.8. The molecule has 0 spiro atoms. The summed E-state index contributed by atoms with van der Waals surface area (Å²) < 4.78 is 5.48. The quantitative estimate of drug-likeness (QED) is 0.842. The Morgan fingerprint density at radius 2 is 2.00 bits per heavy atom. The molecule has 3 N–H and O–H groups in total. The van der Waals surface area contributed by atoms with Gasteiger partial charge in [-0.2, -0.15) is 0 Å². The highest BCUT2D eigenvalue weighted by atomic mass is 35.5. The van der Waals surface area contributed by atoms with Crippen LogP contribution in [-0.4, -0.2) is 24.5 Å². The van der Waals surface area contributed by atoms with Gasteiger partial charge in [-0.1, -0.05) is 25.4 Å². The Hall–Kier alpha value is -1.75. The number of amides is 2. The van der Waals surface area contributed by atoms with Crippen LogP contribution in [0.2, 0.25) is 5.02 Å². The first kappa shape index (κ1) is 16.3. The van der Waals surface area contributed by atoms with E-state index in [0.717, 1.165) is 0 Å². The van der Waals surface area contributed by atoms with Gasteiger partial charge in [0.1, 0.15) is 5.75 Å². The average molecular weight is 299 g/mol. The van der Waals surface area contributed by atoms with Gasteiger partial charge in [0.25, 0.3) is 11.8 Å². The predicted octanol–water partition coefficient (Wildman–Crippen LogP) is 1.98. The van der Waals surface area contributed by atoms with Crippen LogP contribution in [0.5, 0.6) is 5.75 Å². The number of nitrogens with two attached hydrogens (primary N) is 1. The first-order valence-corrected chi connectivity index (χ1v) is 6.72. The van der Waals surface area contributed by atoms with Gasteiger partial charge in [-0.15, -0.1) is 0 Å². The van der Waals surface area contributed by atoms with Crippen LogP contribution < -0.4 is 15.8 Å². The molecule has 110 valence electrons. The van der Waals surface area contributed by atoms with Crippen LogP contribution in [0.15, 0.2) is 18.2 Å². The van der Waals surface area contributed by atoms with Gasteiger partial charge >= 0.3 is 0 Å². The van der Waals surface area contributed by atoms with E-state index in [-0.39, 0.29) is 17.2 Å². The highest BCUT2D eigenvalue weighted by molar-refractivity contribution is 6.31. The fraction of sp³-hybridized carbons (Fsp3) is 0.429. The first-order chi connectivity index (χ1) is 9.31. The van der Waals surface area contributed by atoms with Gasteiger partial charge in [-0.3, -0.25) is 9.59 Å². The molecule has 0 aliphatic heterocycles. The number of nitrogens with one attached hydrogen (secondary N) is 1. The minimum Gasteiger partial charge on any atom is -0.480 e. The molecule has 20 heavy (non-hydrogen) atoms. The summed E-state index contributed by atoms with van der Waals surface area (Å²) in [6.45, 7) is 6.16. The summed E-state index contributed by atoms with van der Waals surface area (Å²) in [6.07, 6.45) is -0.729. The van der Waals surface area contributed by atoms with Crippen LogP contribution in [0.1, 0.15) is 31.1 Å². The molecule has 2 amide bonds. The third-order valence-corrected chi connectivity index (χ3v) is 2.80. The zero-order chi connectivity index (χ0) is 15.3.